The van der Waals surface area contributed by atoms with Gasteiger partial charge in [-0.2, -0.15) is 11.8 Å². The number of guanidine groups is 1. The van der Waals surface area contributed by atoms with Gasteiger partial charge in [0.2, 0.25) is 0 Å². The summed E-state index contributed by atoms with van der Waals surface area (Å²) in [5, 5.41) is 11.3. The molecule has 1 aliphatic heterocycles. The van der Waals surface area contributed by atoms with Gasteiger partial charge in [-0.25, -0.2) is 4.99 Å². The summed E-state index contributed by atoms with van der Waals surface area (Å²) in [5.41, 5.74) is 0. The Labute approximate surface area is 148 Å². The van der Waals surface area contributed by atoms with Crippen LogP contribution < -0.4 is 5.32 Å². The van der Waals surface area contributed by atoms with Crippen LogP contribution in [0.2, 0.25) is 0 Å². The Balaban J connectivity index is 0.00000220. The molecule has 8 heteroatoms. The molecule has 1 aliphatic rings. The highest BCUT2D eigenvalue weighted by Crippen LogP contribution is 2.29. The summed E-state index contributed by atoms with van der Waals surface area (Å²) in [5.74, 6) is 3.00. The lowest BCUT2D eigenvalue weighted by Crippen LogP contribution is -2.51. The van der Waals surface area contributed by atoms with Crippen molar-refractivity contribution in [2.24, 2.45) is 12.0 Å². The minimum Gasteiger partial charge on any atom is -0.357 e. The summed E-state index contributed by atoms with van der Waals surface area (Å²) in [6.45, 7) is 10.2. The minimum atomic E-state index is 0. The summed E-state index contributed by atoms with van der Waals surface area (Å²) in [7, 11) is 1.94. The average molecular weight is 424 g/mol. The van der Waals surface area contributed by atoms with Crippen molar-refractivity contribution in [2.45, 2.75) is 32.1 Å². The van der Waals surface area contributed by atoms with Gasteiger partial charge in [-0.1, -0.05) is 0 Å². The molecule has 0 unspecified atom stereocenters. The van der Waals surface area contributed by atoms with Crippen molar-refractivity contribution in [3.8, 4) is 0 Å². The lowest BCUT2D eigenvalue weighted by molar-refractivity contribution is 0.375. The number of nitrogens with one attached hydrogen (secondary N) is 1. The summed E-state index contributed by atoms with van der Waals surface area (Å²) in [6, 6.07) is 0. The van der Waals surface area contributed by atoms with Crippen molar-refractivity contribution >= 4 is 41.7 Å². The zero-order valence-corrected chi connectivity index (χ0v) is 16.3. The molecular formula is C13H25IN6S. The Morgan fingerprint density at radius 2 is 2.29 bits per heavy atom. The second-order valence-corrected chi connectivity index (χ2v) is 7.36. The maximum atomic E-state index is 4.70. The number of nitrogens with zero attached hydrogens (tertiary/aromatic N) is 5. The van der Waals surface area contributed by atoms with E-state index >= 15 is 0 Å². The molecule has 0 spiro atoms. The largest absolute Gasteiger partial charge is 0.357 e. The molecule has 0 atom stereocenters. The van der Waals surface area contributed by atoms with Crippen molar-refractivity contribution < 1.29 is 0 Å². The first-order valence-electron chi connectivity index (χ1n) is 7.02. The van der Waals surface area contributed by atoms with E-state index in [4.69, 9.17) is 4.99 Å². The van der Waals surface area contributed by atoms with E-state index in [0.717, 1.165) is 37.2 Å². The SMILES string of the molecule is CCNC(=NCc1nncn1C)N1CCSC(C)(C)C1.I. The Hall–Kier alpha value is -0.510. The number of aliphatic imine (C=N–C) groups is 1. The average Bonchev–Trinajstić information content (AvgIpc) is 2.79. The highest BCUT2D eigenvalue weighted by molar-refractivity contribution is 14.0. The van der Waals surface area contributed by atoms with Gasteiger partial charge in [0, 0.05) is 37.2 Å². The van der Waals surface area contributed by atoms with Crippen molar-refractivity contribution in [1.29, 1.82) is 0 Å². The second-order valence-electron chi connectivity index (χ2n) is 5.56. The predicted molar refractivity (Wildman–Crippen MR) is 99.3 cm³/mol. The molecule has 2 heterocycles. The Morgan fingerprint density at radius 1 is 1.52 bits per heavy atom. The fraction of sp³-hybridized carbons (Fsp3) is 0.769. The predicted octanol–water partition coefficient (Wildman–Crippen LogP) is 1.73. The van der Waals surface area contributed by atoms with E-state index in [1.54, 1.807) is 6.33 Å². The molecule has 1 saturated heterocycles. The minimum absolute atomic E-state index is 0. The first kappa shape index (κ1) is 18.5. The van der Waals surface area contributed by atoms with Gasteiger partial charge in [0.25, 0.3) is 0 Å². The first-order valence-corrected chi connectivity index (χ1v) is 8.00. The normalized spacial score (nSPS) is 18.3. The van der Waals surface area contributed by atoms with Gasteiger partial charge in [-0.05, 0) is 20.8 Å². The van der Waals surface area contributed by atoms with Crippen LogP contribution in [0.1, 0.15) is 26.6 Å². The third-order valence-corrected chi connectivity index (χ3v) is 4.53. The quantitative estimate of drug-likeness (QED) is 0.455. The molecule has 21 heavy (non-hydrogen) atoms. The molecular weight excluding hydrogens is 399 g/mol. The fourth-order valence-electron chi connectivity index (χ4n) is 2.22. The third-order valence-electron chi connectivity index (χ3n) is 3.24. The molecule has 6 nitrogen and oxygen atoms in total. The molecule has 1 fully saturated rings. The molecule has 0 aliphatic carbocycles. The summed E-state index contributed by atoms with van der Waals surface area (Å²) in [6.07, 6.45) is 1.71. The summed E-state index contributed by atoms with van der Waals surface area (Å²) in [4.78, 5) is 7.05. The monoisotopic (exact) mass is 424 g/mol. The van der Waals surface area contributed by atoms with Crippen LogP contribution in [0.15, 0.2) is 11.3 Å². The zero-order chi connectivity index (χ0) is 14.6. The molecule has 120 valence electrons. The van der Waals surface area contributed by atoms with Gasteiger partial charge < -0.3 is 14.8 Å². The van der Waals surface area contributed by atoms with Gasteiger partial charge in [0.1, 0.15) is 12.9 Å². The van der Waals surface area contributed by atoms with Crippen LogP contribution in [0.5, 0.6) is 0 Å². The number of halogens is 1. The molecule has 1 aromatic rings. The molecule has 1 N–H and O–H groups in total. The van der Waals surface area contributed by atoms with Crippen LogP contribution in [-0.4, -0.2) is 55.8 Å². The van der Waals surface area contributed by atoms with Gasteiger partial charge in [-0.15, -0.1) is 34.2 Å². The standard InChI is InChI=1S/C13H24N6S.HI/c1-5-14-12(15-8-11-17-16-10-18(11)4)19-6-7-20-13(2,3)9-19;/h10H,5-9H2,1-4H3,(H,14,15);1H. The maximum absolute atomic E-state index is 4.70. The van der Waals surface area contributed by atoms with E-state index in [2.05, 4.69) is 41.2 Å². The van der Waals surface area contributed by atoms with E-state index in [0.29, 0.717) is 6.54 Å². The molecule has 0 aromatic carbocycles. The fourth-order valence-corrected chi connectivity index (χ4v) is 3.33. The Kier molecular flexibility index (Phi) is 7.25. The molecule has 0 saturated carbocycles. The van der Waals surface area contributed by atoms with Gasteiger partial charge >= 0.3 is 0 Å². The van der Waals surface area contributed by atoms with Crippen LogP contribution in [0.25, 0.3) is 0 Å². The van der Waals surface area contributed by atoms with Crippen LogP contribution in [0.4, 0.5) is 0 Å². The highest BCUT2D eigenvalue weighted by atomic mass is 127. The van der Waals surface area contributed by atoms with E-state index < -0.39 is 0 Å². The van der Waals surface area contributed by atoms with Gasteiger partial charge in [-0.3, -0.25) is 0 Å². The lowest BCUT2D eigenvalue weighted by atomic mass is 10.2. The number of thioether (sulfide) groups is 1. The number of aryl methyl sites for hydroxylation is 1. The number of hydrogen-bond donors (Lipinski definition) is 1. The van der Waals surface area contributed by atoms with Gasteiger partial charge in [0.15, 0.2) is 11.8 Å². The number of hydrogen-bond acceptors (Lipinski definition) is 4. The third kappa shape index (κ3) is 5.32. The van der Waals surface area contributed by atoms with Crippen molar-refractivity contribution in [3.63, 3.8) is 0 Å². The topological polar surface area (TPSA) is 58.3 Å². The zero-order valence-electron chi connectivity index (χ0n) is 13.2. The van der Waals surface area contributed by atoms with Crippen LogP contribution >= 0.6 is 35.7 Å². The Morgan fingerprint density at radius 3 is 2.86 bits per heavy atom. The molecule has 0 amide bonds. The van der Waals surface area contributed by atoms with E-state index in [-0.39, 0.29) is 28.7 Å². The smallest absolute Gasteiger partial charge is 0.194 e. The Bertz CT molecular complexity index is 473. The summed E-state index contributed by atoms with van der Waals surface area (Å²) < 4.78 is 2.18. The molecule has 0 radical (unpaired) electrons. The van der Waals surface area contributed by atoms with Crippen LogP contribution in [-0.2, 0) is 13.6 Å². The summed E-state index contributed by atoms with van der Waals surface area (Å²) >= 11 is 2.03. The molecule has 1 aromatic heterocycles. The highest BCUT2D eigenvalue weighted by Gasteiger charge is 2.28. The van der Waals surface area contributed by atoms with E-state index in [1.165, 1.54) is 0 Å². The lowest BCUT2D eigenvalue weighted by Gasteiger charge is -2.39. The van der Waals surface area contributed by atoms with Crippen LogP contribution in [0.3, 0.4) is 0 Å². The molecule has 2 rings (SSSR count). The first-order chi connectivity index (χ1) is 9.52. The second kappa shape index (κ2) is 8.21. The van der Waals surface area contributed by atoms with E-state index in [9.17, 15) is 0 Å². The maximum Gasteiger partial charge on any atom is 0.194 e. The van der Waals surface area contributed by atoms with Gasteiger partial charge in [0.05, 0.1) is 0 Å². The van der Waals surface area contributed by atoms with Crippen LogP contribution in [0, 0.1) is 0 Å². The van der Waals surface area contributed by atoms with Crippen molar-refractivity contribution in [3.05, 3.63) is 12.2 Å². The number of rotatable bonds is 3. The number of aromatic nitrogens is 3. The van der Waals surface area contributed by atoms with Crippen molar-refractivity contribution in [1.82, 2.24) is 25.0 Å². The molecule has 0 bridgehead atoms. The van der Waals surface area contributed by atoms with Crippen molar-refractivity contribution in [2.75, 3.05) is 25.4 Å². The van der Waals surface area contributed by atoms with E-state index in [1.807, 2.05) is 23.4 Å².